The van der Waals surface area contributed by atoms with Gasteiger partial charge >= 0.3 is 0 Å². The average molecular weight is 202 g/mol. The van der Waals surface area contributed by atoms with Gasteiger partial charge in [0, 0.05) is 12.1 Å². The van der Waals surface area contributed by atoms with Gasteiger partial charge in [-0.25, -0.2) is 0 Å². The highest BCUT2D eigenvalue weighted by Gasteiger charge is 2.42. The number of nitrogens with one attached hydrogen (secondary N) is 1. The molecule has 0 amide bonds. The van der Waals surface area contributed by atoms with Gasteiger partial charge in [0.2, 0.25) is 0 Å². The summed E-state index contributed by atoms with van der Waals surface area (Å²) in [7, 11) is 0. The Hall–Kier alpha value is -0.860. The van der Waals surface area contributed by atoms with Crippen LogP contribution in [0.3, 0.4) is 0 Å². The second-order valence-corrected chi connectivity index (χ2v) is 4.89. The van der Waals surface area contributed by atoms with Gasteiger partial charge in [-0.3, -0.25) is 0 Å². The molecule has 1 aliphatic carbocycles. The maximum absolute atomic E-state index is 6.64. The van der Waals surface area contributed by atoms with Gasteiger partial charge in [-0.05, 0) is 42.9 Å². The first-order chi connectivity index (χ1) is 7.31. The second kappa shape index (κ2) is 3.32. The number of benzene rings is 1. The number of hydrogen-bond acceptors (Lipinski definition) is 2. The van der Waals surface area contributed by atoms with Crippen LogP contribution in [0.15, 0.2) is 24.3 Å². The van der Waals surface area contributed by atoms with E-state index in [9.17, 15) is 0 Å². The van der Waals surface area contributed by atoms with E-state index in [1.807, 2.05) is 0 Å². The van der Waals surface area contributed by atoms with Gasteiger partial charge in [0.15, 0.2) is 0 Å². The molecule has 2 unspecified atom stereocenters. The Morgan fingerprint density at radius 3 is 3.13 bits per heavy atom. The Balaban J connectivity index is 2.09. The molecule has 0 spiro atoms. The van der Waals surface area contributed by atoms with E-state index in [4.69, 9.17) is 5.73 Å². The van der Waals surface area contributed by atoms with Crippen LogP contribution in [-0.2, 0) is 12.0 Å². The highest BCUT2D eigenvalue weighted by atomic mass is 14.9. The van der Waals surface area contributed by atoms with Crippen molar-refractivity contribution in [1.29, 1.82) is 0 Å². The lowest BCUT2D eigenvalue weighted by molar-refractivity contribution is 0.180. The summed E-state index contributed by atoms with van der Waals surface area (Å²) in [4.78, 5) is 0. The van der Waals surface area contributed by atoms with Crippen molar-refractivity contribution in [1.82, 2.24) is 5.32 Å². The summed E-state index contributed by atoms with van der Waals surface area (Å²) in [6, 6.07) is 8.72. The van der Waals surface area contributed by atoms with Gasteiger partial charge in [-0.1, -0.05) is 24.3 Å². The van der Waals surface area contributed by atoms with E-state index in [-0.39, 0.29) is 5.54 Å². The van der Waals surface area contributed by atoms with Crippen molar-refractivity contribution in [2.75, 3.05) is 13.1 Å². The summed E-state index contributed by atoms with van der Waals surface area (Å²) in [6.45, 7) is 2.15. The molecule has 1 aromatic carbocycles. The third kappa shape index (κ3) is 1.32. The molecule has 0 radical (unpaired) electrons. The molecule has 2 aliphatic rings. The van der Waals surface area contributed by atoms with Crippen LogP contribution in [-0.4, -0.2) is 13.1 Å². The Bertz CT molecular complexity index is 375. The van der Waals surface area contributed by atoms with E-state index in [1.165, 1.54) is 24.0 Å². The first-order valence-electron chi connectivity index (χ1n) is 5.89. The lowest BCUT2D eigenvalue weighted by Crippen LogP contribution is -2.56. The van der Waals surface area contributed by atoms with Crippen molar-refractivity contribution in [3.8, 4) is 0 Å². The van der Waals surface area contributed by atoms with Crippen molar-refractivity contribution in [2.45, 2.75) is 24.8 Å². The van der Waals surface area contributed by atoms with Crippen molar-refractivity contribution in [2.24, 2.45) is 11.7 Å². The zero-order valence-corrected chi connectivity index (χ0v) is 9.00. The van der Waals surface area contributed by atoms with Crippen LogP contribution in [0.1, 0.15) is 24.0 Å². The Morgan fingerprint density at radius 1 is 1.33 bits per heavy atom. The molecule has 15 heavy (non-hydrogen) atoms. The predicted molar refractivity (Wildman–Crippen MR) is 61.6 cm³/mol. The predicted octanol–water partition coefficient (Wildman–Crippen LogP) is 1.40. The molecule has 0 aromatic heterocycles. The fourth-order valence-corrected chi connectivity index (χ4v) is 3.19. The second-order valence-electron chi connectivity index (χ2n) is 4.89. The van der Waals surface area contributed by atoms with Crippen LogP contribution < -0.4 is 11.1 Å². The fourth-order valence-electron chi connectivity index (χ4n) is 3.19. The average Bonchev–Trinajstić information content (AvgIpc) is 2.29. The highest BCUT2D eigenvalue weighted by Crippen LogP contribution is 2.41. The normalized spacial score (nSPS) is 34.3. The lowest BCUT2D eigenvalue weighted by atomic mass is 9.66. The molecule has 1 heterocycles. The van der Waals surface area contributed by atoms with E-state index in [1.54, 1.807) is 0 Å². The number of aryl methyl sites for hydroxylation is 1. The summed E-state index contributed by atoms with van der Waals surface area (Å²) in [5.41, 5.74) is 9.46. The molecule has 2 heteroatoms. The van der Waals surface area contributed by atoms with Crippen LogP contribution in [0.2, 0.25) is 0 Å². The number of fused-ring (bicyclic) bond motifs is 3. The molecule has 1 aromatic rings. The smallest absolute Gasteiger partial charge is 0.0465 e. The van der Waals surface area contributed by atoms with Crippen LogP contribution in [0, 0.1) is 5.92 Å². The Morgan fingerprint density at radius 2 is 2.20 bits per heavy atom. The maximum atomic E-state index is 6.64. The number of piperidine rings is 1. The number of nitrogens with two attached hydrogens (primary N) is 1. The molecule has 1 saturated heterocycles. The molecule has 0 saturated carbocycles. The first kappa shape index (κ1) is 9.37. The minimum atomic E-state index is -0.0555. The number of hydrogen-bond donors (Lipinski definition) is 2. The van der Waals surface area contributed by atoms with Crippen LogP contribution >= 0.6 is 0 Å². The summed E-state index contributed by atoms with van der Waals surface area (Å²) in [6.07, 6.45) is 3.51. The maximum Gasteiger partial charge on any atom is 0.0465 e. The zero-order valence-electron chi connectivity index (χ0n) is 9.00. The topological polar surface area (TPSA) is 38.0 Å². The molecule has 3 N–H and O–H groups in total. The van der Waals surface area contributed by atoms with Gasteiger partial charge in [0.05, 0.1) is 0 Å². The minimum absolute atomic E-state index is 0.0555. The van der Waals surface area contributed by atoms with E-state index >= 15 is 0 Å². The largest absolute Gasteiger partial charge is 0.321 e. The third-order valence-corrected chi connectivity index (χ3v) is 4.12. The summed E-state index contributed by atoms with van der Waals surface area (Å²) in [5.74, 6) is 0.626. The minimum Gasteiger partial charge on any atom is -0.321 e. The molecular weight excluding hydrogens is 184 g/mol. The Labute approximate surface area is 90.9 Å². The lowest BCUT2D eigenvalue weighted by Gasteiger charge is -2.46. The van der Waals surface area contributed by atoms with Gasteiger partial charge in [-0.15, -0.1) is 0 Å². The van der Waals surface area contributed by atoms with Crippen LogP contribution in [0.5, 0.6) is 0 Å². The van der Waals surface area contributed by atoms with Crippen LogP contribution in [0.25, 0.3) is 0 Å². The van der Waals surface area contributed by atoms with Crippen molar-refractivity contribution < 1.29 is 0 Å². The molecule has 0 bridgehead atoms. The van der Waals surface area contributed by atoms with Gasteiger partial charge in [0.25, 0.3) is 0 Å². The van der Waals surface area contributed by atoms with E-state index in [0.29, 0.717) is 5.92 Å². The monoisotopic (exact) mass is 202 g/mol. The molecule has 1 fully saturated rings. The molecular formula is C13H18N2. The van der Waals surface area contributed by atoms with Crippen LogP contribution in [0.4, 0.5) is 0 Å². The standard InChI is InChI=1S/C13H18N2/c14-13-7-8-15-9-11(13)6-5-10-3-1-2-4-12(10)13/h1-4,11,15H,5-9,14H2. The fraction of sp³-hybridized carbons (Fsp3) is 0.538. The molecule has 1 aliphatic heterocycles. The first-order valence-corrected chi connectivity index (χ1v) is 5.89. The van der Waals surface area contributed by atoms with Gasteiger partial charge in [-0.2, -0.15) is 0 Å². The summed E-state index contributed by atoms with van der Waals surface area (Å²) in [5, 5.41) is 3.46. The van der Waals surface area contributed by atoms with Gasteiger partial charge < -0.3 is 11.1 Å². The van der Waals surface area contributed by atoms with Crippen molar-refractivity contribution in [3.05, 3.63) is 35.4 Å². The van der Waals surface area contributed by atoms with Gasteiger partial charge in [0.1, 0.15) is 0 Å². The summed E-state index contributed by atoms with van der Waals surface area (Å²) >= 11 is 0. The Kier molecular flexibility index (Phi) is 2.08. The third-order valence-electron chi connectivity index (χ3n) is 4.12. The van der Waals surface area contributed by atoms with Crippen molar-refractivity contribution in [3.63, 3.8) is 0 Å². The molecule has 80 valence electrons. The van der Waals surface area contributed by atoms with E-state index < -0.39 is 0 Å². The summed E-state index contributed by atoms with van der Waals surface area (Å²) < 4.78 is 0. The molecule has 2 atom stereocenters. The van der Waals surface area contributed by atoms with E-state index in [0.717, 1.165) is 19.5 Å². The zero-order chi connectivity index (χ0) is 10.3. The van der Waals surface area contributed by atoms with Crippen molar-refractivity contribution >= 4 is 0 Å². The highest BCUT2D eigenvalue weighted by molar-refractivity contribution is 5.37. The molecule has 2 nitrogen and oxygen atoms in total. The molecule has 3 rings (SSSR count). The number of rotatable bonds is 0. The SMILES string of the molecule is NC12CCNCC1CCc1ccccc12. The quantitative estimate of drug-likeness (QED) is 0.667. The van der Waals surface area contributed by atoms with E-state index in [2.05, 4.69) is 29.6 Å².